The van der Waals surface area contributed by atoms with Gasteiger partial charge in [0.05, 0.1) is 19.8 Å². The largest absolute Gasteiger partial charge is 0.491 e. The molecule has 0 N–H and O–H groups in total. The predicted molar refractivity (Wildman–Crippen MR) is 93.8 cm³/mol. The molecule has 6 heteroatoms. The van der Waals surface area contributed by atoms with Crippen LogP contribution in [0.1, 0.15) is 31.6 Å². The second-order valence-corrected chi connectivity index (χ2v) is 7.01. The number of benzene rings is 2. The van der Waals surface area contributed by atoms with E-state index < -0.39 is 23.7 Å². The van der Waals surface area contributed by atoms with Crippen molar-refractivity contribution in [1.29, 1.82) is 0 Å². The van der Waals surface area contributed by atoms with Gasteiger partial charge in [0, 0.05) is 22.6 Å². The molecule has 1 aliphatic carbocycles. The Morgan fingerprint density at radius 3 is 2.26 bits per heavy atom. The number of ether oxygens (including phenoxy) is 3. The van der Waals surface area contributed by atoms with Gasteiger partial charge in [-0.1, -0.05) is 12.1 Å². The molecule has 4 rings (SSSR count). The lowest BCUT2D eigenvalue weighted by atomic mass is 10.0. The highest BCUT2D eigenvalue weighted by Crippen LogP contribution is 2.41. The molecular weight excluding hydrogens is 357 g/mol. The SMILES string of the molecule is CCOc1ccc(-c2ccc([C@H]3OC[C@H](C4CC4)CO3)cc2F)c(F)c1F. The molecule has 1 aliphatic heterocycles. The first-order valence-corrected chi connectivity index (χ1v) is 9.22. The first-order valence-electron chi connectivity index (χ1n) is 9.22. The predicted octanol–water partition coefficient (Wildman–Crippen LogP) is 5.24. The van der Waals surface area contributed by atoms with Gasteiger partial charge in [-0.15, -0.1) is 0 Å². The molecular formula is C21H21F3O3. The maximum absolute atomic E-state index is 14.6. The summed E-state index contributed by atoms with van der Waals surface area (Å²) in [5.41, 5.74) is 0.349. The van der Waals surface area contributed by atoms with Crippen LogP contribution in [0, 0.1) is 29.3 Å². The number of hydrogen-bond acceptors (Lipinski definition) is 3. The first kappa shape index (κ1) is 18.3. The summed E-state index contributed by atoms with van der Waals surface area (Å²) in [4.78, 5) is 0. The molecule has 2 aliphatic rings. The zero-order valence-corrected chi connectivity index (χ0v) is 15.0. The molecule has 2 aromatic rings. The second-order valence-electron chi connectivity index (χ2n) is 7.01. The molecule has 0 aromatic heterocycles. The van der Waals surface area contributed by atoms with Gasteiger partial charge in [0.2, 0.25) is 5.82 Å². The van der Waals surface area contributed by atoms with Crippen molar-refractivity contribution in [2.45, 2.75) is 26.1 Å². The maximum atomic E-state index is 14.6. The van der Waals surface area contributed by atoms with Crippen LogP contribution in [0.5, 0.6) is 5.75 Å². The van der Waals surface area contributed by atoms with E-state index in [-0.39, 0.29) is 23.5 Å². The highest BCUT2D eigenvalue weighted by molar-refractivity contribution is 5.66. The van der Waals surface area contributed by atoms with Crippen LogP contribution < -0.4 is 4.74 Å². The molecule has 144 valence electrons. The number of rotatable bonds is 5. The van der Waals surface area contributed by atoms with Crippen LogP contribution in [0.3, 0.4) is 0 Å². The van der Waals surface area contributed by atoms with E-state index in [0.717, 1.165) is 0 Å². The van der Waals surface area contributed by atoms with Crippen LogP contribution in [-0.2, 0) is 9.47 Å². The molecule has 0 bridgehead atoms. The Kier molecular flexibility index (Phi) is 5.10. The van der Waals surface area contributed by atoms with Gasteiger partial charge in [-0.3, -0.25) is 0 Å². The molecule has 0 amide bonds. The lowest BCUT2D eigenvalue weighted by molar-refractivity contribution is -0.208. The van der Waals surface area contributed by atoms with Crippen LogP contribution in [-0.4, -0.2) is 19.8 Å². The Bertz CT molecular complexity index is 828. The summed E-state index contributed by atoms with van der Waals surface area (Å²) in [7, 11) is 0. The van der Waals surface area contributed by atoms with E-state index in [1.807, 2.05) is 0 Å². The van der Waals surface area contributed by atoms with Gasteiger partial charge in [0.15, 0.2) is 17.9 Å². The highest BCUT2D eigenvalue weighted by Gasteiger charge is 2.35. The van der Waals surface area contributed by atoms with Gasteiger partial charge in [-0.25, -0.2) is 8.78 Å². The zero-order valence-electron chi connectivity index (χ0n) is 15.0. The van der Waals surface area contributed by atoms with Gasteiger partial charge in [-0.05, 0) is 43.9 Å². The van der Waals surface area contributed by atoms with Crippen molar-refractivity contribution >= 4 is 0 Å². The van der Waals surface area contributed by atoms with Crippen LogP contribution in [0.15, 0.2) is 30.3 Å². The average molecular weight is 378 g/mol. The van der Waals surface area contributed by atoms with Crippen molar-refractivity contribution in [3.8, 4) is 16.9 Å². The second kappa shape index (κ2) is 7.52. The quantitative estimate of drug-likeness (QED) is 0.712. The van der Waals surface area contributed by atoms with Crippen molar-refractivity contribution < 1.29 is 27.4 Å². The van der Waals surface area contributed by atoms with Crippen molar-refractivity contribution in [1.82, 2.24) is 0 Å². The van der Waals surface area contributed by atoms with Crippen molar-refractivity contribution in [3.05, 3.63) is 53.3 Å². The summed E-state index contributed by atoms with van der Waals surface area (Å²) in [6, 6.07) is 6.91. The summed E-state index contributed by atoms with van der Waals surface area (Å²) < 4.78 is 59.5. The molecule has 3 nitrogen and oxygen atoms in total. The fourth-order valence-electron chi connectivity index (χ4n) is 3.45. The van der Waals surface area contributed by atoms with E-state index in [2.05, 4.69) is 0 Å². The molecule has 27 heavy (non-hydrogen) atoms. The lowest BCUT2D eigenvalue weighted by Gasteiger charge is -2.29. The third kappa shape index (κ3) is 3.69. The van der Waals surface area contributed by atoms with Gasteiger partial charge in [-0.2, -0.15) is 4.39 Å². The Labute approximate surface area is 156 Å². The number of halogens is 3. The van der Waals surface area contributed by atoms with Gasteiger partial charge >= 0.3 is 0 Å². The topological polar surface area (TPSA) is 27.7 Å². The minimum Gasteiger partial charge on any atom is -0.491 e. The summed E-state index contributed by atoms with van der Waals surface area (Å²) in [5, 5.41) is 0. The smallest absolute Gasteiger partial charge is 0.201 e. The molecule has 0 radical (unpaired) electrons. The van der Waals surface area contributed by atoms with Crippen molar-refractivity contribution in [2.75, 3.05) is 19.8 Å². The highest BCUT2D eigenvalue weighted by atomic mass is 19.2. The Balaban J connectivity index is 1.54. The monoisotopic (exact) mass is 378 g/mol. The number of hydrogen-bond donors (Lipinski definition) is 0. The van der Waals surface area contributed by atoms with E-state index in [1.165, 1.54) is 37.1 Å². The van der Waals surface area contributed by atoms with Gasteiger partial charge in [0.25, 0.3) is 0 Å². The molecule has 0 unspecified atom stereocenters. The first-order chi connectivity index (χ1) is 13.1. The van der Waals surface area contributed by atoms with E-state index in [1.54, 1.807) is 13.0 Å². The minimum absolute atomic E-state index is 0.0233. The van der Waals surface area contributed by atoms with E-state index in [0.29, 0.717) is 30.6 Å². The third-order valence-electron chi connectivity index (χ3n) is 5.11. The average Bonchev–Trinajstić information content (AvgIpc) is 3.52. The maximum Gasteiger partial charge on any atom is 0.201 e. The molecule has 2 fully saturated rings. The van der Waals surface area contributed by atoms with Crippen LogP contribution in [0.4, 0.5) is 13.2 Å². The normalized spacial score (nSPS) is 22.7. The van der Waals surface area contributed by atoms with Crippen molar-refractivity contribution in [3.63, 3.8) is 0 Å². The van der Waals surface area contributed by atoms with Gasteiger partial charge in [0.1, 0.15) is 5.82 Å². The van der Waals surface area contributed by atoms with Gasteiger partial charge < -0.3 is 14.2 Å². The summed E-state index contributed by atoms with van der Waals surface area (Å²) in [5.74, 6) is -2.02. The van der Waals surface area contributed by atoms with E-state index in [9.17, 15) is 13.2 Å². The molecule has 0 atom stereocenters. The van der Waals surface area contributed by atoms with E-state index in [4.69, 9.17) is 14.2 Å². The van der Waals surface area contributed by atoms with Crippen LogP contribution >= 0.6 is 0 Å². The Morgan fingerprint density at radius 1 is 0.926 bits per heavy atom. The standard InChI is InChI=1S/C21H21F3O3/c1-2-25-18-8-7-16(19(23)20(18)24)15-6-5-13(9-17(15)22)21-26-10-14(11-27-21)12-3-4-12/h5-9,12,14,21H,2-4,10-11H2,1H3/t14-,21-. The summed E-state index contributed by atoms with van der Waals surface area (Å²) >= 11 is 0. The summed E-state index contributed by atoms with van der Waals surface area (Å²) in [6.07, 6.45) is 1.80. The molecule has 1 saturated carbocycles. The zero-order chi connectivity index (χ0) is 19.0. The Morgan fingerprint density at radius 2 is 1.63 bits per heavy atom. The third-order valence-corrected chi connectivity index (χ3v) is 5.11. The fourth-order valence-corrected chi connectivity index (χ4v) is 3.45. The van der Waals surface area contributed by atoms with Crippen LogP contribution in [0.2, 0.25) is 0 Å². The summed E-state index contributed by atoms with van der Waals surface area (Å²) in [6.45, 7) is 3.07. The fraction of sp³-hybridized carbons (Fsp3) is 0.429. The van der Waals surface area contributed by atoms with Crippen molar-refractivity contribution in [2.24, 2.45) is 11.8 Å². The molecule has 0 spiro atoms. The molecule has 1 heterocycles. The molecule has 2 aromatic carbocycles. The minimum atomic E-state index is -1.13. The Hall–Kier alpha value is -2.05. The van der Waals surface area contributed by atoms with E-state index >= 15 is 0 Å². The lowest BCUT2D eigenvalue weighted by Crippen LogP contribution is -2.28. The van der Waals surface area contributed by atoms with Crippen LogP contribution in [0.25, 0.3) is 11.1 Å². The molecule has 1 saturated heterocycles.